The van der Waals surface area contributed by atoms with E-state index < -0.39 is 0 Å². The highest BCUT2D eigenvalue weighted by atomic mass is 16.2. The Morgan fingerprint density at radius 3 is 2.50 bits per heavy atom. The SMILES string of the molecule is N#C/C=C1/C(=O)N(Cc2ccccc2)c2ccccc21. The van der Waals surface area contributed by atoms with E-state index in [0.717, 1.165) is 16.8 Å². The van der Waals surface area contributed by atoms with Gasteiger partial charge in [0.15, 0.2) is 0 Å². The van der Waals surface area contributed by atoms with Gasteiger partial charge in [0, 0.05) is 11.6 Å². The highest BCUT2D eigenvalue weighted by Crippen LogP contribution is 2.37. The van der Waals surface area contributed by atoms with Crippen LogP contribution in [0.5, 0.6) is 0 Å². The molecule has 1 aliphatic heterocycles. The average Bonchev–Trinajstić information content (AvgIpc) is 2.75. The van der Waals surface area contributed by atoms with Crippen LogP contribution in [0.1, 0.15) is 11.1 Å². The molecule has 1 amide bonds. The van der Waals surface area contributed by atoms with Crippen molar-refractivity contribution in [3.8, 4) is 6.07 Å². The summed E-state index contributed by atoms with van der Waals surface area (Å²) in [6.45, 7) is 0.513. The van der Waals surface area contributed by atoms with E-state index >= 15 is 0 Å². The summed E-state index contributed by atoms with van der Waals surface area (Å²) in [7, 11) is 0. The Morgan fingerprint density at radius 2 is 1.75 bits per heavy atom. The van der Waals surface area contributed by atoms with Crippen LogP contribution in [-0.2, 0) is 11.3 Å². The maximum atomic E-state index is 12.5. The number of carbonyl (C=O) groups is 1. The van der Waals surface area contributed by atoms with Crippen molar-refractivity contribution in [2.75, 3.05) is 4.90 Å². The second-order valence-corrected chi connectivity index (χ2v) is 4.58. The molecule has 2 aromatic carbocycles. The minimum Gasteiger partial charge on any atom is -0.303 e. The van der Waals surface area contributed by atoms with Crippen molar-refractivity contribution in [3.63, 3.8) is 0 Å². The van der Waals surface area contributed by atoms with Gasteiger partial charge >= 0.3 is 0 Å². The lowest BCUT2D eigenvalue weighted by molar-refractivity contribution is -0.113. The number of hydrogen-bond donors (Lipinski definition) is 0. The molecule has 1 aliphatic rings. The number of rotatable bonds is 2. The Hall–Kier alpha value is -2.86. The van der Waals surface area contributed by atoms with E-state index in [4.69, 9.17) is 5.26 Å². The minimum atomic E-state index is -0.114. The van der Waals surface area contributed by atoms with Crippen LogP contribution in [-0.4, -0.2) is 5.91 Å². The van der Waals surface area contributed by atoms with Gasteiger partial charge in [-0.15, -0.1) is 0 Å². The topological polar surface area (TPSA) is 44.1 Å². The molecule has 96 valence electrons. The zero-order valence-electron chi connectivity index (χ0n) is 10.8. The lowest BCUT2D eigenvalue weighted by Gasteiger charge is -2.17. The van der Waals surface area contributed by atoms with E-state index in [0.29, 0.717) is 12.1 Å². The largest absolute Gasteiger partial charge is 0.303 e. The van der Waals surface area contributed by atoms with Gasteiger partial charge in [-0.25, -0.2) is 0 Å². The van der Waals surface area contributed by atoms with Crippen molar-refractivity contribution in [1.82, 2.24) is 0 Å². The van der Waals surface area contributed by atoms with Gasteiger partial charge in [0.25, 0.3) is 5.91 Å². The Morgan fingerprint density at radius 1 is 1.05 bits per heavy atom. The van der Waals surface area contributed by atoms with Crippen molar-refractivity contribution >= 4 is 17.2 Å². The highest BCUT2D eigenvalue weighted by molar-refractivity contribution is 6.32. The predicted molar refractivity (Wildman–Crippen MR) is 77.7 cm³/mol. The number of para-hydroxylation sites is 1. The standard InChI is InChI=1S/C17H12N2O/c18-11-10-15-14-8-4-5-9-16(14)19(17(15)20)12-13-6-2-1-3-7-13/h1-10H,12H2/b15-10+. The molecular formula is C17H12N2O. The fraction of sp³-hybridized carbons (Fsp3) is 0.0588. The first-order valence-electron chi connectivity index (χ1n) is 6.36. The normalized spacial score (nSPS) is 15.2. The number of hydrogen-bond acceptors (Lipinski definition) is 2. The van der Waals surface area contributed by atoms with Gasteiger partial charge in [-0.3, -0.25) is 4.79 Å². The zero-order valence-corrected chi connectivity index (χ0v) is 10.8. The van der Waals surface area contributed by atoms with Gasteiger partial charge in [-0.1, -0.05) is 48.5 Å². The van der Waals surface area contributed by atoms with E-state index in [9.17, 15) is 4.79 Å². The molecule has 0 radical (unpaired) electrons. The first kappa shape index (κ1) is 12.2. The third kappa shape index (κ3) is 1.98. The van der Waals surface area contributed by atoms with Gasteiger partial charge in [0.1, 0.15) is 0 Å². The Balaban J connectivity index is 2.03. The molecule has 0 saturated carbocycles. The van der Waals surface area contributed by atoms with E-state index in [-0.39, 0.29) is 5.91 Å². The molecule has 3 heteroatoms. The first-order chi connectivity index (χ1) is 9.81. The lowest BCUT2D eigenvalue weighted by Crippen LogP contribution is -2.25. The molecule has 0 saturated heterocycles. The summed E-state index contributed by atoms with van der Waals surface area (Å²) in [6, 6.07) is 19.4. The molecule has 0 N–H and O–H groups in total. The number of allylic oxidation sites excluding steroid dienone is 1. The number of nitriles is 1. The zero-order chi connectivity index (χ0) is 13.9. The second kappa shape index (κ2) is 5.02. The van der Waals surface area contributed by atoms with Crippen molar-refractivity contribution in [2.45, 2.75) is 6.54 Å². The summed E-state index contributed by atoms with van der Waals surface area (Å²) in [4.78, 5) is 14.2. The Bertz CT molecular complexity index is 726. The van der Waals surface area contributed by atoms with Crippen LogP contribution in [0.4, 0.5) is 5.69 Å². The van der Waals surface area contributed by atoms with Crippen molar-refractivity contribution in [2.24, 2.45) is 0 Å². The number of carbonyl (C=O) groups excluding carboxylic acids is 1. The summed E-state index contributed by atoms with van der Waals surface area (Å²) >= 11 is 0. The molecule has 20 heavy (non-hydrogen) atoms. The summed E-state index contributed by atoms with van der Waals surface area (Å²) in [5.41, 5.74) is 3.23. The number of anilines is 1. The van der Waals surface area contributed by atoms with Gasteiger partial charge in [0.05, 0.1) is 23.9 Å². The van der Waals surface area contributed by atoms with Crippen molar-refractivity contribution in [1.29, 1.82) is 5.26 Å². The second-order valence-electron chi connectivity index (χ2n) is 4.58. The first-order valence-corrected chi connectivity index (χ1v) is 6.36. The fourth-order valence-electron chi connectivity index (χ4n) is 2.43. The summed E-state index contributed by atoms with van der Waals surface area (Å²) < 4.78 is 0. The monoisotopic (exact) mass is 260 g/mol. The molecular weight excluding hydrogens is 248 g/mol. The van der Waals surface area contributed by atoms with Gasteiger partial charge < -0.3 is 4.90 Å². The fourth-order valence-corrected chi connectivity index (χ4v) is 2.43. The molecule has 0 spiro atoms. The molecule has 0 bridgehead atoms. The number of benzene rings is 2. The molecule has 0 fully saturated rings. The van der Waals surface area contributed by atoms with Gasteiger partial charge in [0.2, 0.25) is 0 Å². The highest BCUT2D eigenvalue weighted by Gasteiger charge is 2.31. The van der Waals surface area contributed by atoms with Gasteiger partial charge in [-0.05, 0) is 11.6 Å². The van der Waals surface area contributed by atoms with Crippen molar-refractivity contribution in [3.05, 3.63) is 71.8 Å². The minimum absolute atomic E-state index is 0.114. The van der Waals surface area contributed by atoms with E-state index in [1.165, 1.54) is 6.08 Å². The van der Waals surface area contributed by atoms with Crippen LogP contribution < -0.4 is 4.90 Å². The van der Waals surface area contributed by atoms with E-state index in [1.54, 1.807) is 4.90 Å². The molecule has 0 unspecified atom stereocenters. The third-order valence-corrected chi connectivity index (χ3v) is 3.35. The Labute approximate surface area is 117 Å². The third-order valence-electron chi connectivity index (χ3n) is 3.35. The average molecular weight is 260 g/mol. The van der Waals surface area contributed by atoms with Crippen LogP contribution >= 0.6 is 0 Å². The number of nitrogens with zero attached hydrogens (tertiary/aromatic N) is 2. The molecule has 0 aromatic heterocycles. The quantitative estimate of drug-likeness (QED) is 0.615. The number of fused-ring (bicyclic) bond motifs is 1. The van der Waals surface area contributed by atoms with Crippen LogP contribution in [0.15, 0.2) is 60.7 Å². The summed E-state index contributed by atoms with van der Waals surface area (Å²) in [6.07, 6.45) is 1.33. The molecule has 0 aliphatic carbocycles. The van der Waals surface area contributed by atoms with E-state index in [1.807, 2.05) is 60.7 Å². The molecule has 1 heterocycles. The van der Waals surface area contributed by atoms with Crippen LogP contribution in [0.25, 0.3) is 5.57 Å². The molecule has 0 atom stereocenters. The smallest absolute Gasteiger partial charge is 0.260 e. The lowest BCUT2D eigenvalue weighted by atomic mass is 10.1. The number of amides is 1. The van der Waals surface area contributed by atoms with Crippen LogP contribution in [0, 0.1) is 11.3 Å². The predicted octanol–water partition coefficient (Wildman–Crippen LogP) is 3.14. The molecule has 3 rings (SSSR count). The summed E-state index contributed by atoms with van der Waals surface area (Å²) in [5.74, 6) is -0.114. The maximum absolute atomic E-state index is 12.5. The van der Waals surface area contributed by atoms with E-state index in [2.05, 4.69) is 0 Å². The van der Waals surface area contributed by atoms with Crippen LogP contribution in [0.2, 0.25) is 0 Å². The summed E-state index contributed by atoms with van der Waals surface area (Å²) in [5, 5.41) is 8.85. The van der Waals surface area contributed by atoms with Gasteiger partial charge in [-0.2, -0.15) is 5.26 Å². The van der Waals surface area contributed by atoms with Crippen LogP contribution in [0.3, 0.4) is 0 Å². The van der Waals surface area contributed by atoms with Crippen molar-refractivity contribution < 1.29 is 4.79 Å². The maximum Gasteiger partial charge on any atom is 0.260 e. The molecule has 3 nitrogen and oxygen atoms in total. The Kier molecular flexibility index (Phi) is 3.06. The molecule has 2 aromatic rings.